The highest BCUT2D eigenvalue weighted by atomic mass is 79.9. The molecule has 0 unspecified atom stereocenters. The molecule has 9 heteroatoms. The van der Waals surface area contributed by atoms with Gasteiger partial charge in [-0.2, -0.15) is 13.2 Å². The van der Waals surface area contributed by atoms with Gasteiger partial charge in [0.05, 0.1) is 5.56 Å². The number of hydrogen-bond donors (Lipinski definition) is 0. The van der Waals surface area contributed by atoms with Gasteiger partial charge in [-0.1, -0.05) is 15.9 Å². The van der Waals surface area contributed by atoms with Gasteiger partial charge in [0.15, 0.2) is 5.76 Å². The molecule has 29 heavy (non-hydrogen) atoms. The summed E-state index contributed by atoms with van der Waals surface area (Å²) in [6.45, 7) is 3.68. The van der Waals surface area contributed by atoms with Crippen LogP contribution in [0.25, 0.3) is 11.0 Å². The number of alkyl halides is 3. The molecule has 0 bridgehead atoms. The molecule has 3 aromatic rings. The largest absolute Gasteiger partial charge is 0.451 e. The summed E-state index contributed by atoms with van der Waals surface area (Å²) < 4.78 is 44.7. The van der Waals surface area contributed by atoms with Crippen molar-refractivity contribution in [3.63, 3.8) is 0 Å². The highest BCUT2D eigenvalue weighted by Crippen LogP contribution is 2.31. The van der Waals surface area contributed by atoms with Crippen molar-refractivity contribution in [3.8, 4) is 0 Å². The van der Waals surface area contributed by atoms with E-state index in [2.05, 4.69) is 20.9 Å². The van der Waals surface area contributed by atoms with Gasteiger partial charge >= 0.3 is 6.18 Å². The molecule has 1 aliphatic rings. The van der Waals surface area contributed by atoms with Crippen LogP contribution in [0.4, 0.5) is 19.0 Å². The van der Waals surface area contributed by atoms with Crippen molar-refractivity contribution in [1.29, 1.82) is 0 Å². The Morgan fingerprint density at radius 1 is 1.14 bits per heavy atom. The Bertz CT molecular complexity index is 1060. The summed E-state index contributed by atoms with van der Waals surface area (Å²) in [5.41, 5.74) is 0.668. The number of anilines is 1. The van der Waals surface area contributed by atoms with E-state index in [0.29, 0.717) is 43.3 Å². The molecule has 0 atom stereocenters. The lowest BCUT2D eigenvalue weighted by Gasteiger charge is -2.35. The molecule has 0 spiro atoms. The average Bonchev–Trinajstić information content (AvgIpc) is 3.03. The van der Waals surface area contributed by atoms with Crippen LogP contribution in [-0.2, 0) is 6.18 Å². The van der Waals surface area contributed by atoms with Gasteiger partial charge in [0.2, 0.25) is 0 Å². The van der Waals surface area contributed by atoms with Gasteiger partial charge in [-0.05, 0) is 37.3 Å². The first-order valence-electron chi connectivity index (χ1n) is 9.00. The number of fused-ring (bicyclic) bond motifs is 1. The Labute approximate surface area is 173 Å². The first-order valence-corrected chi connectivity index (χ1v) is 9.79. The molecule has 0 saturated carbocycles. The zero-order valence-corrected chi connectivity index (χ0v) is 17.0. The number of aryl methyl sites for hydroxylation is 1. The van der Waals surface area contributed by atoms with Crippen molar-refractivity contribution in [2.45, 2.75) is 13.1 Å². The van der Waals surface area contributed by atoms with E-state index in [4.69, 9.17) is 4.42 Å². The zero-order chi connectivity index (χ0) is 20.8. The number of furan rings is 1. The predicted molar refractivity (Wildman–Crippen MR) is 106 cm³/mol. The fourth-order valence-electron chi connectivity index (χ4n) is 3.42. The molecule has 1 amide bonds. The van der Waals surface area contributed by atoms with E-state index >= 15 is 0 Å². The van der Waals surface area contributed by atoms with E-state index in [1.165, 1.54) is 6.07 Å². The molecular formula is C20H17BrF3N3O2. The Hall–Kier alpha value is -2.55. The van der Waals surface area contributed by atoms with E-state index in [-0.39, 0.29) is 5.91 Å². The fourth-order valence-corrected chi connectivity index (χ4v) is 3.78. The third-order valence-electron chi connectivity index (χ3n) is 5.06. The Kier molecular flexibility index (Phi) is 5.02. The number of benzene rings is 1. The van der Waals surface area contributed by atoms with Crippen LogP contribution in [0, 0.1) is 6.92 Å². The van der Waals surface area contributed by atoms with Crippen LogP contribution in [0.5, 0.6) is 0 Å². The van der Waals surface area contributed by atoms with Gasteiger partial charge < -0.3 is 14.2 Å². The number of carbonyl (C=O) groups is 1. The van der Waals surface area contributed by atoms with Crippen LogP contribution in [0.1, 0.15) is 21.7 Å². The van der Waals surface area contributed by atoms with Crippen LogP contribution >= 0.6 is 15.9 Å². The summed E-state index contributed by atoms with van der Waals surface area (Å²) >= 11 is 3.42. The minimum absolute atomic E-state index is 0.185. The molecule has 152 valence electrons. The first-order chi connectivity index (χ1) is 13.7. The highest BCUT2D eigenvalue weighted by Gasteiger charge is 2.31. The predicted octanol–water partition coefficient (Wildman–Crippen LogP) is 4.88. The lowest BCUT2D eigenvalue weighted by Crippen LogP contribution is -2.49. The SMILES string of the molecule is Cc1c(C(=O)N2CCN(c3ccc(C(F)(F)F)cn3)CC2)oc2ccc(Br)cc12. The number of rotatable bonds is 2. The summed E-state index contributed by atoms with van der Waals surface area (Å²) in [4.78, 5) is 20.4. The maximum Gasteiger partial charge on any atom is 0.417 e. The second-order valence-electron chi connectivity index (χ2n) is 6.88. The van der Waals surface area contributed by atoms with E-state index < -0.39 is 11.7 Å². The monoisotopic (exact) mass is 467 g/mol. The molecule has 4 rings (SSSR count). The smallest absolute Gasteiger partial charge is 0.417 e. The zero-order valence-electron chi connectivity index (χ0n) is 15.5. The number of pyridine rings is 1. The van der Waals surface area contributed by atoms with E-state index in [1.807, 2.05) is 30.0 Å². The summed E-state index contributed by atoms with van der Waals surface area (Å²) in [5, 5.41) is 0.885. The number of nitrogens with zero attached hydrogens (tertiary/aromatic N) is 3. The van der Waals surface area contributed by atoms with Crippen molar-refractivity contribution >= 4 is 38.6 Å². The summed E-state index contributed by atoms with van der Waals surface area (Å²) in [6.07, 6.45) is -3.57. The Morgan fingerprint density at radius 2 is 1.86 bits per heavy atom. The molecule has 1 aliphatic heterocycles. The topological polar surface area (TPSA) is 49.6 Å². The maximum absolute atomic E-state index is 12.9. The third kappa shape index (κ3) is 3.83. The Morgan fingerprint density at radius 3 is 2.48 bits per heavy atom. The van der Waals surface area contributed by atoms with E-state index in [0.717, 1.165) is 27.7 Å². The third-order valence-corrected chi connectivity index (χ3v) is 5.55. The molecule has 0 radical (unpaired) electrons. The van der Waals surface area contributed by atoms with Crippen LogP contribution in [-0.4, -0.2) is 42.0 Å². The molecule has 0 N–H and O–H groups in total. The number of hydrogen-bond acceptors (Lipinski definition) is 4. The molecule has 1 fully saturated rings. The van der Waals surface area contributed by atoms with Crippen LogP contribution in [0.2, 0.25) is 0 Å². The normalized spacial score (nSPS) is 15.2. The maximum atomic E-state index is 12.9. The second kappa shape index (κ2) is 7.37. The quantitative estimate of drug-likeness (QED) is 0.538. The van der Waals surface area contributed by atoms with Crippen LogP contribution in [0.15, 0.2) is 45.4 Å². The van der Waals surface area contributed by atoms with Crippen molar-refractivity contribution in [2.75, 3.05) is 31.1 Å². The summed E-state index contributed by atoms with van der Waals surface area (Å²) in [6, 6.07) is 7.98. The van der Waals surface area contributed by atoms with Gasteiger partial charge in [-0.25, -0.2) is 4.98 Å². The molecule has 3 heterocycles. The van der Waals surface area contributed by atoms with Crippen molar-refractivity contribution in [2.24, 2.45) is 0 Å². The number of aromatic nitrogens is 1. The Balaban J connectivity index is 1.46. The number of amides is 1. The number of carbonyl (C=O) groups excluding carboxylic acids is 1. The minimum Gasteiger partial charge on any atom is -0.451 e. The van der Waals surface area contributed by atoms with Gasteiger partial charge in [0.25, 0.3) is 5.91 Å². The minimum atomic E-state index is -4.41. The summed E-state index contributed by atoms with van der Waals surface area (Å²) in [7, 11) is 0. The van der Waals surface area contributed by atoms with Gasteiger partial charge in [0.1, 0.15) is 11.4 Å². The highest BCUT2D eigenvalue weighted by molar-refractivity contribution is 9.10. The van der Waals surface area contributed by atoms with E-state index in [1.54, 1.807) is 4.90 Å². The lowest BCUT2D eigenvalue weighted by atomic mass is 10.1. The van der Waals surface area contributed by atoms with Gasteiger partial charge in [-0.3, -0.25) is 4.79 Å². The molecule has 1 aromatic carbocycles. The standard InChI is InChI=1S/C20H17BrF3N3O2/c1-12-15-10-14(21)3-4-16(15)29-18(12)19(28)27-8-6-26(7-9-27)17-5-2-13(11-25-17)20(22,23)24/h2-5,10-11H,6-9H2,1H3. The molecular weight excluding hydrogens is 451 g/mol. The first kappa shape index (κ1) is 19.8. The van der Waals surface area contributed by atoms with E-state index in [9.17, 15) is 18.0 Å². The van der Waals surface area contributed by atoms with Crippen molar-refractivity contribution in [1.82, 2.24) is 9.88 Å². The molecule has 2 aromatic heterocycles. The second-order valence-corrected chi connectivity index (χ2v) is 7.79. The van der Waals surface area contributed by atoms with Gasteiger partial charge in [-0.15, -0.1) is 0 Å². The average molecular weight is 468 g/mol. The van der Waals surface area contributed by atoms with Crippen LogP contribution < -0.4 is 4.90 Å². The lowest BCUT2D eigenvalue weighted by molar-refractivity contribution is -0.137. The fraction of sp³-hybridized carbons (Fsp3) is 0.300. The summed E-state index contributed by atoms with van der Waals surface area (Å²) in [5.74, 6) is 0.601. The molecule has 5 nitrogen and oxygen atoms in total. The van der Waals surface area contributed by atoms with Gasteiger partial charge in [0, 0.05) is 47.8 Å². The number of halogens is 4. The van der Waals surface area contributed by atoms with Crippen molar-refractivity contribution in [3.05, 3.63) is 57.9 Å². The van der Waals surface area contributed by atoms with Crippen LogP contribution in [0.3, 0.4) is 0 Å². The molecule has 1 saturated heterocycles. The number of piperazine rings is 1. The van der Waals surface area contributed by atoms with Crippen molar-refractivity contribution < 1.29 is 22.4 Å². The molecule has 0 aliphatic carbocycles.